The van der Waals surface area contributed by atoms with Crippen molar-refractivity contribution in [1.82, 2.24) is 10.2 Å². The number of carbonyl (C=O) groups is 1. The van der Waals surface area contributed by atoms with Crippen LogP contribution in [0.1, 0.15) is 44.7 Å². The average Bonchev–Trinajstić information content (AvgIpc) is 2.81. The molecule has 6 nitrogen and oxygen atoms in total. The lowest BCUT2D eigenvalue weighted by Gasteiger charge is -2.34. The molecule has 0 aromatic heterocycles. The molecule has 1 amide bonds. The van der Waals surface area contributed by atoms with Gasteiger partial charge in [0.25, 0.3) is 0 Å². The largest absolute Gasteiger partial charge is 0.444 e. The molecule has 200 valence electrons. The maximum absolute atomic E-state index is 13.0. The first kappa shape index (κ1) is 28.8. The van der Waals surface area contributed by atoms with E-state index in [0.29, 0.717) is 53.2 Å². The average molecular weight is 555 g/mol. The van der Waals surface area contributed by atoms with Gasteiger partial charge in [-0.05, 0) is 76.3 Å². The quantitative estimate of drug-likeness (QED) is 0.323. The highest BCUT2D eigenvalue weighted by molar-refractivity contribution is 8.13. The Morgan fingerprint density at radius 3 is 2.24 bits per heavy atom. The van der Waals surface area contributed by atoms with Gasteiger partial charge in [0.1, 0.15) is 5.60 Å². The zero-order valence-corrected chi connectivity index (χ0v) is 22.7. The Hall–Kier alpha value is -2.72. The second-order valence-corrected chi connectivity index (χ2v) is 10.6. The summed E-state index contributed by atoms with van der Waals surface area (Å²) in [6.45, 7) is 6.75. The summed E-state index contributed by atoms with van der Waals surface area (Å²) < 4.78 is 44.3. The topological polar surface area (TPSA) is 66.3 Å². The number of halogens is 4. The number of aliphatic imine (C=N–C) groups is 2. The molecule has 0 bridgehead atoms. The Balaban J connectivity index is 1.82. The number of amidine groups is 2. The molecular formula is C26H30ClF3N4O2S. The summed E-state index contributed by atoms with van der Waals surface area (Å²) in [4.78, 5) is 23.5. The van der Waals surface area contributed by atoms with Crippen LogP contribution in [0.3, 0.4) is 0 Å². The molecule has 1 fully saturated rings. The summed E-state index contributed by atoms with van der Waals surface area (Å²) in [5, 5.41) is 4.04. The van der Waals surface area contributed by atoms with E-state index in [4.69, 9.17) is 21.3 Å². The molecule has 1 aliphatic heterocycles. The van der Waals surface area contributed by atoms with Gasteiger partial charge in [-0.15, -0.1) is 0 Å². The third-order valence-corrected chi connectivity index (χ3v) is 6.46. The molecule has 11 heteroatoms. The fraction of sp³-hybridized carbons (Fsp3) is 0.423. The number of rotatable bonds is 3. The molecule has 0 spiro atoms. The first-order chi connectivity index (χ1) is 17.4. The third-order valence-electron chi connectivity index (χ3n) is 5.41. The van der Waals surface area contributed by atoms with E-state index < -0.39 is 23.4 Å². The Labute approximate surface area is 224 Å². The van der Waals surface area contributed by atoms with E-state index in [0.717, 1.165) is 12.1 Å². The van der Waals surface area contributed by atoms with Gasteiger partial charge < -0.3 is 15.0 Å². The summed E-state index contributed by atoms with van der Waals surface area (Å²) >= 11 is 7.86. The Bertz CT molecular complexity index is 1140. The van der Waals surface area contributed by atoms with E-state index >= 15 is 0 Å². The summed E-state index contributed by atoms with van der Waals surface area (Å²) in [6, 6.07) is 11.6. The number of alkyl halides is 3. The van der Waals surface area contributed by atoms with E-state index in [-0.39, 0.29) is 6.04 Å². The Morgan fingerprint density at radius 1 is 1.08 bits per heavy atom. The van der Waals surface area contributed by atoms with E-state index in [1.807, 2.05) is 27.0 Å². The van der Waals surface area contributed by atoms with Crippen molar-refractivity contribution in [3.8, 4) is 0 Å². The molecule has 1 aliphatic rings. The maximum atomic E-state index is 13.0. The fourth-order valence-electron chi connectivity index (χ4n) is 3.66. The lowest BCUT2D eigenvalue weighted by Crippen LogP contribution is -2.47. The van der Waals surface area contributed by atoms with Gasteiger partial charge in [0, 0.05) is 24.7 Å². The second kappa shape index (κ2) is 12.2. The number of ether oxygens (including phenoxy) is 1. The van der Waals surface area contributed by atoms with E-state index in [1.54, 1.807) is 24.3 Å². The highest BCUT2D eigenvalue weighted by Crippen LogP contribution is 2.31. The molecule has 37 heavy (non-hydrogen) atoms. The molecule has 2 aromatic carbocycles. The van der Waals surface area contributed by atoms with Crippen molar-refractivity contribution in [3.05, 3.63) is 64.7 Å². The molecule has 0 unspecified atom stereocenters. The lowest BCUT2D eigenvalue weighted by molar-refractivity contribution is -0.137. The monoisotopic (exact) mass is 554 g/mol. The lowest BCUT2D eigenvalue weighted by atomic mass is 10.1. The number of amides is 1. The van der Waals surface area contributed by atoms with Crippen molar-refractivity contribution in [3.63, 3.8) is 0 Å². The summed E-state index contributed by atoms with van der Waals surface area (Å²) in [7, 11) is 0. The molecule has 1 N–H and O–H groups in total. The first-order valence-corrected chi connectivity index (χ1v) is 13.3. The van der Waals surface area contributed by atoms with Crippen molar-refractivity contribution >= 4 is 46.1 Å². The zero-order valence-electron chi connectivity index (χ0n) is 21.1. The molecule has 0 aliphatic carbocycles. The van der Waals surface area contributed by atoms with Crippen LogP contribution in [-0.2, 0) is 10.9 Å². The Kier molecular flexibility index (Phi) is 9.52. The minimum absolute atomic E-state index is 0.0157. The van der Waals surface area contributed by atoms with Gasteiger partial charge >= 0.3 is 12.3 Å². The number of carbonyl (C=O) groups excluding carboxylic acids is 1. The van der Waals surface area contributed by atoms with Crippen LogP contribution in [0.15, 0.2) is 58.5 Å². The van der Waals surface area contributed by atoms with Crippen molar-refractivity contribution in [2.75, 3.05) is 19.3 Å². The summed E-state index contributed by atoms with van der Waals surface area (Å²) in [5.41, 5.74) is -0.420. The number of hydrogen-bond donors (Lipinski definition) is 1. The van der Waals surface area contributed by atoms with Crippen LogP contribution in [-0.4, -0.2) is 53.0 Å². The van der Waals surface area contributed by atoms with Gasteiger partial charge in [-0.25, -0.2) is 14.8 Å². The SMILES string of the molecule is CSC(=NC(=Nc1ccc(C(F)(F)F)cc1)c1ccccc1Cl)N1CCC(NC(=O)OC(C)(C)C)CC1. The standard InChI is InChI=1S/C26H30ClF3N4O2S/c1-25(2,3)36-24(35)32-19-13-15-34(16-14-19)23(37-4)33-22(20-7-5-6-8-21(20)27)31-18-11-9-17(10-12-18)26(28,29)30/h5-12,19H,13-16H2,1-4H3,(H,32,35). The van der Waals surface area contributed by atoms with Gasteiger partial charge in [0.2, 0.25) is 0 Å². The minimum atomic E-state index is -4.43. The fourth-order valence-corrected chi connectivity index (χ4v) is 4.50. The molecular weight excluding hydrogens is 525 g/mol. The van der Waals surface area contributed by atoms with Crippen LogP contribution < -0.4 is 5.32 Å². The number of likely N-dealkylation sites (tertiary alicyclic amines) is 1. The highest BCUT2D eigenvalue weighted by Gasteiger charge is 2.30. The number of nitrogens with one attached hydrogen (secondary N) is 1. The number of thioether (sulfide) groups is 1. The van der Waals surface area contributed by atoms with Gasteiger partial charge in [-0.1, -0.05) is 35.5 Å². The van der Waals surface area contributed by atoms with E-state index in [2.05, 4.69) is 15.2 Å². The van der Waals surface area contributed by atoms with Crippen LogP contribution in [0, 0.1) is 0 Å². The van der Waals surface area contributed by atoms with E-state index in [1.165, 1.54) is 23.9 Å². The number of alkyl carbamates (subject to hydrolysis) is 1. The van der Waals surface area contributed by atoms with Gasteiger partial charge in [0.15, 0.2) is 11.0 Å². The molecule has 1 heterocycles. The van der Waals surface area contributed by atoms with Crippen molar-refractivity contribution < 1.29 is 22.7 Å². The van der Waals surface area contributed by atoms with Crippen molar-refractivity contribution in [1.29, 1.82) is 0 Å². The number of hydrogen-bond acceptors (Lipinski definition) is 4. The third kappa shape index (κ3) is 8.67. The molecule has 2 aromatic rings. The van der Waals surface area contributed by atoms with Crippen LogP contribution >= 0.6 is 23.4 Å². The van der Waals surface area contributed by atoms with Crippen LogP contribution in [0.25, 0.3) is 0 Å². The number of nitrogens with zero attached hydrogens (tertiary/aromatic N) is 3. The normalized spacial score (nSPS) is 16.1. The number of benzene rings is 2. The summed E-state index contributed by atoms with van der Waals surface area (Å²) in [6.07, 6.45) is -1.56. The van der Waals surface area contributed by atoms with Crippen LogP contribution in [0.2, 0.25) is 5.02 Å². The summed E-state index contributed by atoms with van der Waals surface area (Å²) in [5.74, 6) is 0.295. The molecule has 0 saturated carbocycles. The predicted molar refractivity (Wildman–Crippen MR) is 144 cm³/mol. The van der Waals surface area contributed by atoms with Crippen LogP contribution in [0.5, 0.6) is 0 Å². The molecule has 0 radical (unpaired) electrons. The van der Waals surface area contributed by atoms with Gasteiger partial charge in [-0.3, -0.25) is 0 Å². The van der Waals surface area contributed by atoms with Crippen molar-refractivity contribution in [2.45, 2.75) is 51.4 Å². The second-order valence-electron chi connectivity index (χ2n) is 9.47. The molecule has 3 rings (SSSR count). The maximum Gasteiger partial charge on any atom is 0.416 e. The number of piperidine rings is 1. The predicted octanol–water partition coefficient (Wildman–Crippen LogP) is 7.15. The first-order valence-electron chi connectivity index (χ1n) is 11.7. The molecule has 0 atom stereocenters. The smallest absolute Gasteiger partial charge is 0.416 e. The van der Waals surface area contributed by atoms with Crippen LogP contribution in [0.4, 0.5) is 23.7 Å². The zero-order chi connectivity index (χ0) is 27.2. The Morgan fingerprint density at radius 2 is 1.70 bits per heavy atom. The minimum Gasteiger partial charge on any atom is -0.444 e. The van der Waals surface area contributed by atoms with E-state index in [9.17, 15) is 18.0 Å². The van der Waals surface area contributed by atoms with Gasteiger partial charge in [0.05, 0.1) is 16.3 Å². The van der Waals surface area contributed by atoms with Crippen molar-refractivity contribution in [2.24, 2.45) is 9.98 Å². The highest BCUT2D eigenvalue weighted by atomic mass is 35.5. The van der Waals surface area contributed by atoms with Gasteiger partial charge in [-0.2, -0.15) is 13.2 Å². The molecule has 1 saturated heterocycles.